The monoisotopic (exact) mass is 1010 g/mol. The maximum atomic E-state index is 12.7. The molecule has 0 spiro atoms. The van der Waals surface area contributed by atoms with Crippen molar-refractivity contribution >= 4 is 19.8 Å². The molecule has 0 aliphatic carbocycles. The molecule has 3 N–H and O–H groups in total. The van der Waals surface area contributed by atoms with Crippen molar-refractivity contribution in [2.45, 2.75) is 238 Å². The van der Waals surface area contributed by atoms with Gasteiger partial charge in [-0.1, -0.05) is 226 Å². The second-order valence-corrected chi connectivity index (χ2v) is 19.9. The Morgan fingerprint density at radius 3 is 1.15 bits per heavy atom. The van der Waals surface area contributed by atoms with Crippen molar-refractivity contribution in [2.75, 3.05) is 26.4 Å². The Bertz CT molecular complexity index is 1530. The Morgan fingerprint density at radius 1 is 0.437 bits per heavy atom. The second kappa shape index (κ2) is 56.0. The Hall–Kier alpha value is -3.33. The van der Waals surface area contributed by atoms with Crippen molar-refractivity contribution in [1.29, 1.82) is 0 Å². The van der Waals surface area contributed by atoms with E-state index in [0.717, 1.165) is 109 Å². The molecular weight excluding hydrogens is 906 g/mol. The molecule has 0 amide bonds. The SMILES string of the molecule is CC/C=C\C/C=C\C/C=C\C/C=C\C/C=C\C/C=C\C/C=C\CCCCCCCCCCCCCC(=O)OC(COC(=O)CCCCCCCCC/C=C\C/C=C\CCCCC)COP(=O)(O)OCCN. The van der Waals surface area contributed by atoms with E-state index in [1.165, 1.54) is 89.9 Å². The van der Waals surface area contributed by atoms with E-state index in [4.69, 9.17) is 24.3 Å². The van der Waals surface area contributed by atoms with Crippen molar-refractivity contribution in [3.63, 3.8) is 0 Å². The van der Waals surface area contributed by atoms with Gasteiger partial charge in [0.15, 0.2) is 6.10 Å². The van der Waals surface area contributed by atoms with Crippen LogP contribution in [0.2, 0.25) is 0 Å². The van der Waals surface area contributed by atoms with E-state index in [0.29, 0.717) is 6.42 Å². The fourth-order valence-electron chi connectivity index (χ4n) is 7.47. The lowest BCUT2D eigenvalue weighted by molar-refractivity contribution is -0.161. The first kappa shape index (κ1) is 67.7. The average molecular weight is 1010 g/mol. The molecule has 0 saturated heterocycles. The van der Waals surface area contributed by atoms with Crippen LogP contribution in [0.5, 0.6) is 0 Å². The zero-order valence-electron chi connectivity index (χ0n) is 45.2. The summed E-state index contributed by atoms with van der Waals surface area (Å²) in [5, 5.41) is 0. The molecule has 9 nitrogen and oxygen atoms in total. The Kier molecular flexibility index (Phi) is 53.3. The molecular formula is C61H104NO8P. The van der Waals surface area contributed by atoms with Gasteiger partial charge < -0.3 is 20.1 Å². The van der Waals surface area contributed by atoms with Crippen molar-refractivity contribution < 1.29 is 37.6 Å². The Balaban J connectivity index is 4.00. The van der Waals surface area contributed by atoms with Crippen LogP contribution in [0.3, 0.4) is 0 Å². The number of rotatable bonds is 52. The molecule has 0 aliphatic heterocycles. The van der Waals surface area contributed by atoms with Crippen molar-refractivity contribution in [3.8, 4) is 0 Å². The topological polar surface area (TPSA) is 134 Å². The molecule has 0 aromatic carbocycles. The molecule has 0 heterocycles. The van der Waals surface area contributed by atoms with Gasteiger partial charge >= 0.3 is 19.8 Å². The quantitative estimate of drug-likeness (QED) is 0.0264. The zero-order valence-corrected chi connectivity index (χ0v) is 46.1. The molecule has 0 radical (unpaired) electrons. The first-order valence-corrected chi connectivity index (χ1v) is 29.9. The Labute approximate surface area is 435 Å². The summed E-state index contributed by atoms with van der Waals surface area (Å²) in [6, 6.07) is 0. The van der Waals surface area contributed by atoms with Gasteiger partial charge in [0.25, 0.3) is 0 Å². The number of carbonyl (C=O) groups excluding carboxylic acids is 2. The minimum atomic E-state index is -4.39. The highest BCUT2D eigenvalue weighted by Gasteiger charge is 2.26. The lowest BCUT2D eigenvalue weighted by Crippen LogP contribution is -2.29. The summed E-state index contributed by atoms with van der Waals surface area (Å²) in [6.07, 6.45) is 75.6. The Morgan fingerprint density at radius 2 is 0.775 bits per heavy atom. The van der Waals surface area contributed by atoms with Gasteiger partial charge in [0.1, 0.15) is 6.61 Å². The fraction of sp³-hybridized carbons (Fsp3) is 0.672. The highest BCUT2D eigenvalue weighted by atomic mass is 31.2. The van der Waals surface area contributed by atoms with E-state index in [1.807, 2.05) is 0 Å². The van der Waals surface area contributed by atoms with Crippen molar-refractivity contribution in [2.24, 2.45) is 5.73 Å². The first-order chi connectivity index (χ1) is 34.8. The van der Waals surface area contributed by atoms with E-state index in [9.17, 15) is 19.0 Å². The third kappa shape index (κ3) is 55.8. The number of phosphoric ester groups is 1. The number of esters is 2. The number of unbranched alkanes of at least 4 members (excludes halogenated alkanes) is 21. The van der Waals surface area contributed by atoms with Crippen molar-refractivity contribution in [3.05, 3.63) is 109 Å². The highest BCUT2D eigenvalue weighted by molar-refractivity contribution is 7.47. The van der Waals surface area contributed by atoms with Gasteiger partial charge in [-0.25, -0.2) is 4.57 Å². The van der Waals surface area contributed by atoms with E-state index in [1.54, 1.807) is 0 Å². The largest absolute Gasteiger partial charge is 0.472 e. The van der Waals surface area contributed by atoms with E-state index in [2.05, 4.69) is 123 Å². The molecule has 2 atom stereocenters. The smallest absolute Gasteiger partial charge is 0.462 e. The van der Waals surface area contributed by atoms with E-state index < -0.39 is 32.5 Å². The predicted molar refractivity (Wildman–Crippen MR) is 302 cm³/mol. The number of hydrogen-bond acceptors (Lipinski definition) is 8. The van der Waals surface area contributed by atoms with Gasteiger partial charge in [0.05, 0.1) is 13.2 Å². The molecule has 0 saturated carbocycles. The molecule has 406 valence electrons. The third-order valence-electron chi connectivity index (χ3n) is 11.6. The van der Waals surface area contributed by atoms with Crippen LogP contribution in [-0.4, -0.2) is 49.3 Å². The van der Waals surface area contributed by atoms with Gasteiger partial charge in [-0.3, -0.25) is 18.6 Å². The number of nitrogens with two attached hydrogens (primary N) is 1. The maximum absolute atomic E-state index is 12.7. The summed E-state index contributed by atoms with van der Waals surface area (Å²) < 4.78 is 33.0. The summed E-state index contributed by atoms with van der Waals surface area (Å²) in [5.74, 6) is -0.844. The molecule has 0 fully saturated rings. The van der Waals surface area contributed by atoms with Crippen LogP contribution in [0.1, 0.15) is 232 Å². The lowest BCUT2D eigenvalue weighted by Gasteiger charge is -2.19. The third-order valence-corrected chi connectivity index (χ3v) is 12.6. The normalized spacial score (nSPS) is 13.9. The number of phosphoric acid groups is 1. The summed E-state index contributed by atoms with van der Waals surface area (Å²) in [6.45, 7) is 3.59. The minimum absolute atomic E-state index is 0.0470. The molecule has 0 bridgehead atoms. The lowest BCUT2D eigenvalue weighted by atomic mass is 10.0. The average Bonchev–Trinajstić information content (AvgIpc) is 3.36. The molecule has 0 aromatic rings. The fourth-order valence-corrected chi connectivity index (χ4v) is 8.23. The minimum Gasteiger partial charge on any atom is -0.462 e. The van der Waals surface area contributed by atoms with Crippen LogP contribution in [-0.2, 0) is 32.7 Å². The highest BCUT2D eigenvalue weighted by Crippen LogP contribution is 2.43. The standard InChI is InChI=1S/C61H104NO8P/c1-3-5-7-9-11-13-15-17-19-21-22-23-24-25-26-27-28-29-30-31-32-33-34-35-36-38-40-42-44-46-48-50-52-54-61(64)70-59(58-69-71(65,66)68-56-55-62)57-67-60(63)53-51-49-47-45-43-41-39-37-20-18-16-14-12-10-8-6-4-2/h5,7,11-14,17-20,22-23,25-26,28-29,31-32,59H,3-4,6,8-10,15-16,21,24,27,30,33-58,62H2,1-2H3,(H,65,66)/b7-5-,13-11-,14-12-,19-17-,20-18-,23-22-,26-25-,29-28-,32-31-. The van der Waals surface area contributed by atoms with Gasteiger partial charge in [0.2, 0.25) is 0 Å². The molecule has 2 unspecified atom stereocenters. The van der Waals surface area contributed by atoms with Crippen molar-refractivity contribution in [1.82, 2.24) is 0 Å². The molecule has 71 heavy (non-hydrogen) atoms. The van der Waals surface area contributed by atoms with Crippen LogP contribution in [0.4, 0.5) is 0 Å². The molecule has 0 aliphatic rings. The van der Waals surface area contributed by atoms with Crippen LogP contribution in [0.25, 0.3) is 0 Å². The van der Waals surface area contributed by atoms with Crippen LogP contribution in [0, 0.1) is 0 Å². The number of allylic oxidation sites excluding steroid dienone is 18. The predicted octanol–water partition coefficient (Wildman–Crippen LogP) is 17.8. The van der Waals surface area contributed by atoms with Gasteiger partial charge in [-0.05, 0) is 103 Å². The summed E-state index contributed by atoms with van der Waals surface area (Å²) in [4.78, 5) is 35.1. The first-order valence-electron chi connectivity index (χ1n) is 28.4. The molecule has 0 aromatic heterocycles. The number of hydrogen-bond donors (Lipinski definition) is 2. The number of ether oxygens (including phenoxy) is 2. The zero-order chi connectivity index (χ0) is 51.7. The number of carbonyl (C=O) groups is 2. The summed E-state index contributed by atoms with van der Waals surface area (Å²) in [5.41, 5.74) is 5.38. The van der Waals surface area contributed by atoms with Crippen LogP contribution < -0.4 is 5.73 Å². The maximum Gasteiger partial charge on any atom is 0.472 e. The van der Waals surface area contributed by atoms with Gasteiger partial charge in [-0.2, -0.15) is 0 Å². The molecule has 0 rings (SSSR count). The summed E-state index contributed by atoms with van der Waals surface area (Å²) in [7, 11) is -4.39. The van der Waals surface area contributed by atoms with Gasteiger partial charge in [0, 0.05) is 19.4 Å². The van der Waals surface area contributed by atoms with Crippen LogP contribution >= 0.6 is 7.82 Å². The van der Waals surface area contributed by atoms with Gasteiger partial charge in [-0.15, -0.1) is 0 Å². The van der Waals surface area contributed by atoms with E-state index in [-0.39, 0.29) is 32.6 Å². The summed E-state index contributed by atoms with van der Waals surface area (Å²) >= 11 is 0. The van der Waals surface area contributed by atoms with E-state index >= 15 is 0 Å². The second-order valence-electron chi connectivity index (χ2n) is 18.4. The van der Waals surface area contributed by atoms with Crippen LogP contribution in [0.15, 0.2) is 109 Å². The molecule has 10 heteroatoms.